The zero-order chi connectivity index (χ0) is 19.1. The minimum atomic E-state index is -3.50. The topological polar surface area (TPSA) is 65.1 Å². The van der Waals surface area contributed by atoms with E-state index in [4.69, 9.17) is 14.2 Å². The molecule has 0 bridgehead atoms. The summed E-state index contributed by atoms with van der Waals surface area (Å²) in [7, 11) is -3.50. The number of hydrogen-bond acceptors (Lipinski definition) is 6. The molecule has 3 heterocycles. The molecule has 0 radical (unpaired) electrons. The van der Waals surface area contributed by atoms with Gasteiger partial charge in [0.15, 0.2) is 11.5 Å². The summed E-state index contributed by atoms with van der Waals surface area (Å²) in [6.07, 6.45) is 1.53. The fourth-order valence-electron chi connectivity index (χ4n) is 3.84. The van der Waals surface area contributed by atoms with Gasteiger partial charge in [-0.1, -0.05) is 6.07 Å². The van der Waals surface area contributed by atoms with Gasteiger partial charge in [0.1, 0.15) is 5.75 Å². The van der Waals surface area contributed by atoms with Crippen LogP contribution >= 0.6 is 11.8 Å². The normalized spacial score (nSPS) is 21.8. The first-order valence-corrected chi connectivity index (χ1v) is 11.9. The van der Waals surface area contributed by atoms with Crippen molar-refractivity contribution in [3.05, 3.63) is 47.5 Å². The van der Waals surface area contributed by atoms with E-state index in [1.165, 1.54) is 0 Å². The second kappa shape index (κ2) is 7.17. The van der Waals surface area contributed by atoms with Gasteiger partial charge < -0.3 is 14.2 Å². The molecule has 8 heteroatoms. The van der Waals surface area contributed by atoms with Crippen molar-refractivity contribution in [1.29, 1.82) is 0 Å². The van der Waals surface area contributed by atoms with Crippen molar-refractivity contribution in [3.63, 3.8) is 0 Å². The van der Waals surface area contributed by atoms with Gasteiger partial charge in [0, 0.05) is 30.5 Å². The summed E-state index contributed by atoms with van der Waals surface area (Å²) in [5.41, 5.74) is 2.13. The molecule has 0 saturated carbocycles. The molecule has 28 heavy (non-hydrogen) atoms. The van der Waals surface area contributed by atoms with Gasteiger partial charge in [-0.15, -0.1) is 0 Å². The average Bonchev–Trinajstić information content (AvgIpc) is 3.29. The van der Waals surface area contributed by atoms with Gasteiger partial charge in [-0.3, -0.25) is 0 Å². The van der Waals surface area contributed by atoms with Crippen LogP contribution in [0.4, 0.5) is 0 Å². The monoisotopic (exact) mass is 419 g/mol. The van der Waals surface area contributed by atoms with Gasteiger partial charge >= 0.3 is 0 Å². The standard InChI is InChI=1S/C20H21NO5S2/c22-28(23,16-2-4-17-14(11-16)6-9-24-17)21-7-5-20(27-10-8-21)15-1-3-18-19(12-15)26-13-25-18/h1-4,11-12,20H,5-10,13H2. The van der Waals surface area contributed by atoms with E-state index in [2.05, 4.69) is 6.07 Å². The largest absolute Gasteiger partial charge is 0.493 e. The zero-order valence-electron chi connectivity index (χ0n) is 15.3. The molecule has 3 aliphatic rings. The molecular weight excluding hydrogens is 398 g/mol. The van der Waals surface area contributed by atoms with Gasteiger partial charge in [0.25, 0.3) is 0 Å². The fourth-order valence-corrected chi connectivity index (χ4v) is 6.69. The highest BCUT2D eigenvalue weighted by Crippen LogP contribution is 2.41. The van der Waals surface area contributed by atoms with Gasteiger partial charge in [-0.25, -0.2) is 8.42 Å². The summed E-state index contributed by atoms with van der Waals surface area (Å²) in [5, 5.41) is 0.239. The van der Waals surface area contributed by atoms with Crippen molar-refractivity contribution in [2.75, 3.05) is 32.2 Å². The summed E-state index contributed by atoms with van der Waals surface area (Å²) in [6, 6.07) is 11.2. The van der Waals surface area contributed by atoms with E-state index in [1.54, 1.807) is 34.3 Å². The maximum atomic E-state index is 13.2. The lowest BCUT2D eigenvalue weighted by Gasteiger charge is -2.20. The number of rotatable bonds is 3. The number of hydrogen-bond donors (Lipinski definition) is 0. The van der Waals surface area contributed by atoms with Crippen LogP contribution < -0.4 is 14.2 Å². The molecular formula is C20H21NO5S2. The highest BCUT2D eigenvalue weighted by atomic mass is 32.2. The lowest BCUT2D eigenvalue weighted by molar-refractivity contribution is 0.174. The van der Waals surface area contributed by atoms with Crippen LogP contribution in [0.15, 0.2) is 41.3 Å². The molecule has 5 rings (SSSR count). The van der Waals surface area contributed by atoms with E-state index in [0.717, 1.165) is 47.0 Å². The average molecular weight is 420 g/mol. The van der Waals surface area contributed by atoms with Crippen LogP contribution in [0.3, 0.4) is 0 Å². The van der Waals surface area contributed by atoms with Crippen molar-refractivity contribution in [2.45, 2.75) is 23.0 Å². The Morgan fingerprint density at radius 1 is 0.964 bits per heavy atom. The predicted molar refractivity (Wildman–Crippen MR) is 107 cm³/mol. The fraction of sp³-hybridized carbons (Fsp3) is 0.400. The lowest BCUT2D eigenvalue weighted by atomic mass is 10.1. The number of sulfonamides is 1. The van der Waals surface area contributed by atoms with E-state index < -0.39 is 10.0 Å². The highest BCUT2D eigenvalue weighted by molar-refractivity contribution is 7.99. The van der Waals surface area contributed by atoms with Crippen molar-refractivity contribution < 1.29 is 22.6 Å². The van der Waals surface area contributed by atoms with Crippen molar-refractivity contribution >= 4 is 21.8 Å². The molecule has 0 aliphatic carbocycles. The molecule has 2 aromatic carbocycles. The van der Waals surface area contributed by atoms with Gasteiger partial charge in [0.05, 0.1) is 11.5 Å². The molecule has 1 unspecified atom stereocenters. The molecule has 1 atom stereocenters. The quantitative estimate of drug-likeness (QED) is 0.761. The van der Waals surface area contributed by atoms with Gasteiger partial charge in [-0.05, 0) is 47.9 Å². The summed E-state index contributed by atoms with van der Waals surface area (Å²) >= 11 is 1.80. The predicted octanol–water partition coefficient (Wildman–Crippen LogP) is 3.22. The number of benzene rings is 2. The SMILES string of the molecule is O=S(=O)(c1ccc2c(c1)CCO2)N1CCSC(c2ccc3c(c2)OCO3)CC1. The molecule has 1 saturated heterocycles. The van der Waals surface area contributed by atoms with E-state index in [0.29, 0.717) is 24.6 Å². The van der Waals surface area contributed by atoms with Crippen molar-refractivity contribution in [1.82, 2.24) is 4.31 Å². The molecule has 0 spiro atoms. The Labute approximate surface area is 168 Å². The Morgan fingerprint density at radius 2 is 1.82 bits per heavy atom. The minimum Gasteiger partial charge on any atom is -0.493 e. The molecule has 2 aromatic rings. The maximum Gasteiger partial charge on any atom is 0.243 e. The van der Waals surface area contributed by atoms with E-state index >= 15 is 0 Å². The first kappa shape index (κ1) is 18.1. The third-order valence-electron chi connectivity index (χ3n) is 5.37. The number of ether oxygens (including phenoxy) is 3. The summed E-state index contributed by atoms with van der Waals surface area (Å²) in [6.45, 7) is 1.90. The number of fused-ring (bicyclic) bond motifs is 2. The smallest absolute Gasteiger partial charge is 0.243 e. The second-order valence-corrected chi connectivity index (χ2v) is 10.3. The molecule has 0 amide bonds. The molecule has 0 aromatic heterocycles. The molecule has 0 N–H and O–H groups in total. The van der Waals surface area contributed by atoms with Crippen LogP contribution in [0, 0.1) is 0 Å². The molecule has 6 nitrogen and oxygen atoms in total. The first-order chi connectivity index (χ1) is 13.6. The Morgan fingerprint density at radius 3 is 2.75 bits per heavy atom. The summed E-state index contributed by atoms with van der Waals surface area (Å²) in [4.78, 5) is 0.364. The Balaban J connectivity index is 1.34. The van der Waals surface area contributed by atoms with Crippen LogP contribution in [0.1, 0.15) is 22.8 Å². The molecule has 1 fully saturated rings. The Kier molecular flexibility index (Phi) is 4.65. The highest BCUT2D eigenvalue weighted by Gasteiger charge is 2.30. The Bertz CT molecular complexity index is 1010. The summed E-state index contributed by atoms with van der Waals surface area (Å²) < 4.78 is 44.3. The van der Waals surface area contributed by atoms with Crippen LogP contribution in [0.5, 0.6) is 17.2 Å². The van der Waals surface area contributed by atoms with Crippen LogP contribution in [-0.2, 0) is 16.4 Å². The van der Waals surface area contributed by atoms with Crippen LogP contribution in [-0.4, -0.2) is 45.0 Å². The first-order valence-electron chi connectivity index (χ1n) is 9.38. The minimum absolute atomic E-state index is 0.239. The van der Waals surface area contributed by atoms with Crippen molar-refractivity contribution in [3.8, 4) is 17.2 Å². The second-order valence-electron chi connectivity index (χ2n) is 7.03. The summed E-state index contributed by atoms with van der Waals surface area (Å²) in [5.74, 6) is 3.10. The molecule has 148 valence electrons. The third kappa shape index (κ3) is 3.23. The van der Waals surface area contributed by atoms with Gasteiger partial charge in [-0.2, -0.15) is 16.1 Å². The third-order valence-corrected chi connectivity index (χ3v) is 8.59. The zero-order valence-corrected chi connectivity index (χ0v) is 16.9. The number of thioether (sulfide) groups is 1. The number of nitrogens with zero attached hydrogens (tertiary/aromatic N) is 1. The maximum absolute atomic E-state index is 13.2. The van der Waals surface area contributed by atoms with E-state index in [-0.39, 0.29) is 12.0 Å². The van der Waals surface area contributed by atoms with E-state index in [1.807, 2.05) is 12.1 Å². The van der Waals surface area contributed by atoms with Gasteiger partial charge in [0.2, 0.25) is 16.8 Å². The van der Waals surface area contributed by atoms with E-state index in [9.17, 15) is 8.42 Å². The Hall–Kier alpha value is -1.90. The van der Waals surface area contributed by atoms with Crippen LogP contribution in [0.25, 0.3) is 0 Å². The van der Waals surface area contributed by atoms with Crippen molar-refractivity contribution in [2.24, 2.45) is 0 Å². The molecule has 3 aliphatic heterocycles. The lowest BCUT2D eigenvalue weighted by Crippen LogP contribution is -2.33. The van der Waals surface area contributed by atoms with Crippen LogP contribution in [0.2, 0.25) is 0 Å².